The highest BCUT2D eigenvalue weighted by atomic mass is 16.5. The van der Waals surface area contributed by atoms with Crippen LogP contribution in [0.1, 0.15) is 23.1 Å². The fourth-order valence-electron chi connectivity index (χ4n) is 3.10. The summed E-state index contributed by atoms with van der Waals surface area (Å²) in [5.41, 5.74) is 3.57. The van der Waals surface area contributed by atoms with Gasteiger partial charge < -0.3 is 4.74 Å². The smallest absolute Gasteiger partial charge is 0.360 e. The minimum atomic E-state index is -0.481. The molecule has 0 radical (unpaired) electrons. The van der Waals surface area contributed by atoms with Crippen LogP contribution in [0.5, 0.6) is 0 Å². The molecule has 0 amide bonds. The topological polar surface area (TPSA) is 69.9 Å². The number of fused-ring (bicyclic) bond motifs is 2. The molecule has 0 aliphatic carbocycles. The number of methoxy groups -OCH3 is 1. The number of carbonyl (C=O) groups is 1. The van der Waals surface area contributed by atoms with Crippen molar-refractivity contribution in [3.63, 3.8) is 0 Å². The molecule has 0 spiro atoms. The van der Waals surface area contributed by atoms with E-state index in [0.29, 0.717) is 12.1 Å². The Morgan fingerprint density at radius 1 is 1.04 bits per heavy atom. The Hall–Kier alpha value is -3.28. The second-order valence-electron chi connectivity index (χ2n) is 5.64. The van der Waals surface area contributed by atoms with Crippen LogP contribution in [0.25, 0.3) is 27.5 Å². The zero-order valence-electron chi connectivity index (χ0n) is 13.9. The maximum absolute atomic E-state index is 12.0. The molecule has 0 bridgehead atoms. The van der Waals surface area contributed by atoms with Gasteiger partial charge >= 0.3 is 5.97 Å². The van der Waals surface area contributed by atoms with Gasteiger partial charge in [-0.15, -0.1) is 5.10 Å². The van der Waals surface area contributed by atoms with Crippen LogP contribution in [0.4, 0.5) is 0 Å². The van der Waals surface area contributed by atoms with Crippen LogP contribution in [-0.2, 0) is 11.2 Å². The van der Waals surface area contributed by atoms with Crippen molar-refractivity contribution in [3.05, 3.63) is 59.9 Å². The molecule has 4 aromatic rings. The number of esters is 1. The number of hydrogen-bond acceptors (Lipinski definition) is 5. The molecule has 0 atom stereocenters. The van der Waals surface area contributed by atoms with E-state index in [1.165, 1.54) is 7.11 Å². The molecule has 0 aliphatic heterocycles. The lowest BCUT2D eigenvalue weighted by Crippen LogP contribution is -2.08. The normalized spacial score (nSPS) is 11.1. The number of aromatic nitrogens is 4. The molecule has 0 aliphatic rings. The minimum absolute atomic E-state index is 0.245. The van der Waals surface area contributed by atoms with E-state index in [-0.39, 0.29) is 5.69 Å². The monoisotopic (exact) mass is 332 g/mol. The average molecular weight is 332 g/mol. The Morgan fingerprint density at radius 2 is 1.64 bits per heavy atom. The second-order valence-corrected chi connectivity index (χ2v) is 5.64. The molecular formula is C19H16N4O2. The van der Waals surface area contributed by atoms with Crippen LogP contribution in [0, 0.1) is 0 Å². The van der Waals surface area contributed by atoms with Crippen molar-refractivity contribution in [3.8, 4) is 5.69 Å². The van der Waals surface area contributed by atoms with Gasteiger partial charge in [0.05, 0.1) is 29.5 Å². The van der Waals surface area contributed by atoms with Gasteiger partial charge in [-0.3, -0.25) is 0 Å². The first-order valence-electron chi connectivity index (χ1n) is 8.05. The van der Waals surface area contributed by atoms with Crippen LogP contribution in [0.2, 0.25) is 0 Å². The Balaban J connectivity index is 2.12. The molecule has 2 aromatic carbocycles. The Bertz CT molecular complexity index is 1050. The number of ether oxygens (including phenoxy) is 1. The predicted octanol–water partition coefficient (Wildman–Crippen LogP) is 3.32. The largest absolute Gasteiger partial charge is 0.464 e. The van der Waals surface area contributed by atoms with Crippen molar-refractivity contribution in [1.82, 2.24) is 20.0 Å². The maximum Gasteiger partial charge on any atom is 0.360 e. The van der Waals surface area contributed by atoms with Crippen LogP contribution in [-0.4, -0.2) is 33.1 Å². The first-order valence-corrected chi connectivity index (χ1v) is 8.05. The lowest BCUT2D eigenvalue weighted by atomic mass is 10.1. The van der Waals surface area contributed by atoms with Gasteiger partial charge in [0.25, 0.3) is 0 Å². The van der Waals surface area contributed by atoms with E-state index in [9.17, 15) is 4.79 Å². The number of rotatable bonds is 3. The first kappa shape index (κ1) is 15.3. The summed E-state index contributed by atoms with van der Waals surface area (Å²) in [7, 11) is 1.35. The van der Waals surface area contributed by atoms with Crippen LogP contribution < -0.4 is 0 Å². The highest BCUT2D eigenvalue weighted by Gasteiger charge is 2.22. The Morgan fingerprint density at radius 3 is 2.20 bits per heavy atom. The third-order valence-electron chi connectivity index (χ3n) is 4.25. The molecule has 2 heterocycles. The third-order valence-corrected chi connectivity index (χ3v) is 4.25. The molecule has 0 N–H and O–H groups in total. The zero-order chi connectivity index (χ0) is 17.4. The number of para-hydroxylation sites is 2. The van der Waals surface area contributed by atoms with E-state index in [1.54, 1.807) is 4.68 Å². The van der Waals surface area contributed by atoms with Crippen LogP contribution in [0.15, 0.2) is 48.5 Å². The molecule has 2 aromatic heterocycles. The highest BCUT2D eigenvalue weighted by Crippen LogP contribution is 2.30. The summed E-state index contributed by atoms with van der Waals surface area (Å²) in [6, 6.07) is 15.8. The second kappa shape index (κ2) is 5.98. The van der Waals surface area contributed by atoms with Crippen molar-refractivity contribution in [1.29, 1.82) is 0 Å². The molecular weight excluding hydrogens is 316 g/mol. The summed E-state index contributed by atoms with van der Waals surface area (Å²) >= 11 is 0. The third kappa shape index (κ3) is 2.34. The number of pyridine rings is 1. The van der Waals surface area contributed by atoms with Crippen LogP contribution >= 0.6 is 0 Å². The summed E-state index contributed by atoms with van der Waals surface area (Å²) < 4.78 is 6.57. The van der Waals surface area contributed by atoms with E-state index in [1.807, 2.05) is 55.5 Å². The van der Waals surface area contributed by atoms with Crippen molar-refractivity contribution < 1.29 is 9.53 Å². The molecule has 25 heavy (non-hydrogen) atoms. The molecule has 4 rings (SSSR count). The van der Waals surface area contributed by atoms with E-state index in [2.05, 4.69) is 10.3 Å². The van der Waals surface area contributed by atoms with Crippen molar-refractivity contribution in [2.45, 2.75) is 13.3 Å². The van der Waals surface area contributed by atoms with Gasteiger partial charge in [0.2, 0.25) is 0 Å². The molecule has 6 heteroatoms. The van der Waals surface area contributed by atoms with Gasteiger partial charge in [-0.1, -0.05) is 48.5 Å². The zero-order valence-corrected chi connectivity index (χ0v) is 13.9. The van der Waals surface area contributed by atoms with Crippen molar-refractivity contribution in [2.24, 2.45) is 0 Å². The van der Waals surface area contributed by atoms with Gasteiger partial charge in [-0.25, -0.2) is 14.5 Å². The number of benzene rings is 2. The SMILES string of the molecule is CCc1c(C(=O)OC)nnn1-c1c2ccccc2nc2ccccc12. The number of carbonyl (C=O) groups excluding carboxylic acids is 1. The fourth-order valence-corrected chi connectivity index (χ4v) is 3.10. The van der Waals surface area contributed by atoms with Gasteiger partial charge in [-0.2, -0.15) is 0 Å². The Kier molecular flexibility index (Phi) is 3.65. The quantitative estimate of drug-likeness (QED) is 0.425. The number of nitrogens with zero attached hydrogens (tertiary/aromatic N) is 4. The van der Waals surface area contributed by atoms with Gasteiger partial charge in [0.15, 0.2) is 5.69 Å². The first-order chi connectivity index (χ1) is 12.2. The highest BCUT2D eigenvalue weighted by molar-refractivity contribution is 6.03. The molecule has 124 valence electrons. The van der Waals surface area contributed by atoms with Gasteiger partial charge in [0.1, 0.15) is 0 Å². The minimum Gasteiger partial charge on any atom is -0.464 e. The number of hydrogen-bond donors (Lipinski definition) is 0. The van der Waals surface area contributed by atoms with Gasteiger partial charge in [0, 0.05) is 10.8 Å². The Labute approximate surface area is 144 Å². The average Bonchev–Trinajstić information content (AvgIpc) is 3.08. The lowest BCUT2D eigenvalue weighted by molar-refractivity contribution is 0.0592. The summed E-state index contributed by atoms with van der Waals surface area (Å²) in [5.74, 6) is -0.481. The van der Waals surface area contributed by atoms with E-state index in [4.69, 9.17) is 9.72 Å². The van der Waals surface area contributed by atoms with E-state index < -0.39 is 5.97 Å². The van der Waals surface area contributed by atoms with Crippen molar-refractivity contribution in [2.75, 3.05) is 7.11 Å². The van der Waals surface area contributed by atoms with E-state index >= 15 is 0 Å². The van der Waals surface area contributed by atoms with E-state index in [0.717, 1.165) is 27.5 Å². The summed E-state index contributed by atoms with van der Waals surface area (Å²) in [5, 5.41) is 10.2. The summed E-state index contributed by atoms with van der Waals surface area (Å²) in [6.07, 6.45) is 0.600. The molecule has 6 nitrogen and oxygen atoms in total. The summed E-state index contributed by atoms with van der Waals surface area (Å²) in [4.78, 5) is 16.7. The maximum atomic E-state index is 12.0. The van der Waals surface area contributed by atoms with Gasteiger partial charge in [-0.05, 0) is 18.6 Å². The molecule has 0 fully saturated rings. The molecule has 0 unspecified atom stereocenters. The van der Waals surface area contributed by atoms with Crippen molar-refractivity contribution >= 4 is 27.8 Å². The fraction of sp³-hybridized carbons (Fsp3) is 0.158. The lowest BCUT2D eigenvalue weighted by Gasteiger charge is -2.12. The summed E-state index contributed by atoms with van der Waals surface area (Å²) in [6.45, 7) is 1.97. The predicted molar refractivity (Wildman–Crippen MR) is 94.9 cm³/mol. The molecule has 0 saturated carbocycles. The van der Waals surface area contributed by atoms with Crippen LogP contribution in [0.3, 0.4) is 0 Å². The molecule has 0 saturated heterocycles. The standard InChI is InChI=1S/C19H16N4O2/c1-3-16-17(19(24)25-2)21-22-23(16)18-12-8-4-6-10-14(12)20-15-11-7-5-9-13(15)18/h4-11H,3H2,1-2H3.